The van der Waals surface area contributed by atoms with Crippen LogP contribution in [0.5, 0.6) is 0 Å². The van der Waals surface area contributed by atoms with Crippen molar-refractivity contribution < 1.29 is 9.59 Å². The largest absolute Gasteiger partial charge is 0.345 e. The van der Waals surface area contributed by atoms with Gasteiger partial charge in [0.05, 0.1) is 17.4 Å². The first-order valence-electron chi connectivity index (χ1n) is 9.66. The molecule has 1 fully saturated rings. The van der Waals surface area contributed by atoms with Crippen molar-refractivity contribution in [2.24, 2.45) is 0 Å². The zero-order valence-corrected chi connectivity index (χ0v) is 16.0. The van der Waals surface area contributed by atoms with Gasteiger partial charge in [-0.25, -0.2) is 4.98 Å². The predicted molar refractivity (Wildman–Crippen MR) is 108 cm³/mol. The molecule has 1 aromatic heterocycles. The molecule has 1 aliphatic heterocycles. The second-order valence-corrected chi connectivity index (χ2v) is 7.29. The summed E-state index contributed by atoms with van der Waals surface area (Å²) in [5.41, 5.74) is 4.76. The molecule has 0 atom stereocenters. The Morgan fingerprint density at radius 3 is 2.46 bits per heavy atom. The van der Waals surface area contributed by atoms with Gasteiger partial charge in [-0.1, -0.05) is 29.8 Å². The van der Waals surface area contributed by atoms with Crippen molar-refractivity contribution in [2.75, 3.05) is 26.2 Å². The Bertz CT molecular complexity index is 985. The maximum absolute atomic E-state index is 12.8. The molecule has 1 N–H and O–H groups in total. The number of benzene rings is 2. The topological polar surface area (TPSA) is 69.3 Å². The Labute approximate surface area is 164 Å². The van der Waals surface area contributed by atoms with Crippen LogP contribution in [0, 0.1) is 6.92 Å². The lowest BCUT2D eigenvalue weighted by atomic mass is 10.1. The van der Waals surface area contributed by atoms with Crippen LogP contribution in [0.4, 0.5) is 0 Å². The number of nitrogens with one attached hydrogen (secondary N) is 1. The van der Waals surface area contributed by atoms with Crippen molar-refractivity contribution >= 4 is 22.8 Å². The van der Waals surface area contributed by atoms with Crippen LogP contribution in [0.3, 0.4) is 0 Å². The summed E-state index contributed by atoms with van der Waals surface area (Å²) < 4.78 is 0. The van der Waals surface area contributed by atoms with Gasteiger partial charge >= 0.3 is 0 Å². The minimum absolute atomic E-state index is 0.00301. The molecule has 0 bridgehead atoms. The minimum atomic E-state index is 0.00301. The van der Waals surface area contributed by atoms with E-state index in [1.807, 2.05) is 28.0 Å². The number of aromatic amines is 1. The predicted octanol–water partition coefficient (Wildman–Crippen LogP) is 2.79. The molecule has 0 saturated carbocycles. The molecule has 2 aromatic carbocycles. The Balaban J connectivity index is 1.30. The summed E-state index contributed by atoms with van der Waals surface area (Å²) in [5.74, 6) is 0.162. The summed E-state index contributed by atoms with van der Waals surface area (Å²) in [6.07, 6.45) is 2.88. The van der Waals surface area contributed by atoms with Crippen LogP contribution in [-0.4, -0.2) is 57.8 Å². The first-order chi connectivity index (χ1) is 13.6. The fourth-order valence-electron chi connectivity index (χ4n) is 3.57. The molecule has 4 rings (SSSR count). The van der Waals surface area contributed by atoms with Crippen LogP contribution in [0.15, 0.2) is 48.8 Å². The molecule has 0 aliphatic carbocycles. The number of amides is 2. The van der Waals surface area contributed by atoms with Gasteiger partial charge in [0.2, 0.25) is 5.91 Å². The Hall–Kier alpha value is -3.15. The molecule has 6 heteroatoms. The lowest BCUT2D eigenvalue weighted by molar-refractivity contribution is -0.132. The second kappa shape index (κ2) is 7.84. The highest BCUT2D eigenvalue weighted by molar-refractivity contribution is 5.97. The standard InChI is InChI=1S/C22H24N4O2/c1-16-2-4-17(5-3-16)6-9-21(27)25-10-12-26(13-11-25)22(28)18-7-8-19-20(14-18)24-15-23-19/h2-5,7-8,14-15H,6,9-13H2,1H3,(H,23,24). The third-order valence-electron chi connectivity index (χ3n) is 5.33. The number of nitrogens with zero attached hydrogens (tertiary/aromatic N) is 3. The molecule has 1 aliphatic rings. The van der Waals surface area contributed by atoms with E-state index in [9.17, 15) is 9.59 Å². The monoisotopic (exact) mass is 376 g/mol. The van der Waals surface area contributed by atoms with Crippen molar-refractivity contribution in [3.05, 3.63) is 65.5 Å². The average Bonchev–Trinajstić information content (AvgIpc) is 3.20. The fourth-order valence-corrected chi connectivity index (χ4v) is 3.57. The SMILES string of the molecule is Cc1ccc(CCC(=O)N2CCN(C(=O)c3ccc4nc[nH]c4c3)CC2)cc1. The van der Waals surface area contributed by atoms with Gasteiger partial charge in [-0.05, 0) is 37.1 Å². The van der Waals surface area contributed by atoms with Gasteiger partial charge in [-0.2, -0.15) is 0 Å². The smallest absolute Gasteiger partial charge is 0.254 e. The number of carbonyl (C=O) groups is 2. The fraction of sp³-hybridized carbons (Fsp3) is 0.318. The van der Waals surface area contributed by atoms with E-state index in [0.717, 1.165) is 17.5 Å². The van der Waals surface area contributed by atoms with Gasteiger partial charge in [0.25, 0.3) is 5.91 Å². The zero-order chi connectivity index (χ0) is 19.5. The van der Waals surface area contributed by atoms with E-state index >= 15 is 0 Å². The average molecular weight is 376 g/mol. The highest BCUT2D eigenvalue weighted by atomic mass is 16.2. The number of hydrogen-bond donors (Lipinski definition) is 1. The van der Waals surface area contributed by atoms with Crippen LogP contribution < -0.4 is 0 Å². The van der Waals surface area contributed by atoms with Gasteiger partial charge in [-0.3, -0.25) is 9.59 Å². The molecule has 3 aromatic rings. The van der Waals surface area contributed by atoms with Crippen LogP contribution in [-0.2, 0) is 11.2 Å². The van der Waals surface area contributed by atoms with Crippen molar-refractivity contribution in [1.29, 1.82) is 0 Å². The maximum atomic E-state index is 12.8. The van der Waals surface area contributed by atoms with Gasteiger partial charge in [0.15, 0.2) is 0 Å². The first-order valence-corrected chi connectivity index (χ1v) is 9.66. The molecule has 2 amide bonds. The summed E-state index contributed by atoms with van der Waals surface area (Å²) in [6.45, 7) is 4.37. The number of rotatable bonds is 4. The zero-order valence-electron chi connectivity index (χ0n) is 16.0. The van der Waals surface area contributed by atoms with Crippen LogP contribution in [0.1, 0.15) is 27.9 Å². The van der Waals surface area contributed by atoms with Gasteiger partial charge in [-0.15, -0.1) is 0 Å². The van der Waals surface area contributed by atoms with Crippen molar-refractivity contribution in [2.45, 2.75) is 19.8 Å². The number of hydrogen-bond acceptors (Lipinski definition) is 3. The summed E-state index contributed by atoms with van der Waals surface area (Å²) in [7, 11) is 0. The molecule has 28 heavy (non-hydrogen) atoms. The Morgan fingerprint density at radius 2 is 1.71 bits per heavy atom. The molecular weight excluding hydrogens is 352 g/mol. The van der Waals surface area contributed by atoms with E-state index in [0.29, 0.717) is 38.2 Å². The third-order valence-corrected chi connectivity index (χ3v) is 5.33. The highest BCUT2D eigenvalue weighted by Crippen LogP contribution is 2.15. The quantitative estimate of drug-likeness (QED) is 0.761. The van der Waals surface area contributed by atoms with E-state index < -0.39 is 0 Å². The van der Waals surface area contributed by atoms with Crippen molar-refractivity contribution in [1.82, 2.24) is 19.8 Å². The van der Waals surface area contributed by atoms with Crippen molar-refractivity contribution in [3.63, 3.8) is 0 Å². The normalized spacial score (nSPS) is 14.5. The number of aromatic nitrogens is 2. The van der Waals surface area contributed by atoms with Gasteiger partial charge in [0, 0.05) is 38.2 Å². The van der Waals surface area contributed by atoms with Crippen LogP contribution in [0.25, 0.3) is 11.0 Å². The number of H-pyrrole nitrogens is 1. The van der Waals surface area contributed by atoms with E-state index in [4.69, 9.17) is 0 Å². The number of aryl methyl sites for hydroxylation is 2. The third kappa shape index (κ3) is 3.91. The molecule has 0 spiro atoms. The lowest BCUT2D eigenvalue weighted by Crippen LogP contribution is -2.50. The van der Waals surface area contributed by atoms with Gasteiger partial charge in [0.1, 0.15) is 0 Å². The molecule has 0 unspecified atom stereocenters. The number of fused-ring (bicyclic) bond motifs is 1. The number of carbonyl (C=O) groups excluding carboxylic acids is 2. The van der Waals surface area contributed by atoms with Crippen LogP contribution >= 0.6 is 0 Å². The lowest BCUT2D eigenvalue weighted by Gasteiger charge is -2.35. The summed E-state index contributed by atoms with van der Waals surface area (Å²) in [5, 5.41) is 0. The van der Waals surface area contributed by atoms with Gasteiger partial charge < -0.3 is 14.8 Å². The van der Waals surface area contributed by atoms with E-state index in [1.165, 1.54) is 11.1 Å². The number of imidazole rings is 1. The molecule has 1 saturated heterocycles. The second-order valence-electron chi connectivity index (χ2n) is 7.29. The molecule has 6 nitrogen and oxygen atoms in total. The number of piperazine rings is 1. The Kier molecular flexibility index (Phi) is 5.10. The molecule has 2 heterocycles. The maximum Gasteiger partial charge on any atom is 0.254 e. The molecular formula is C22H24N4O2. The highest BCUT2D eigenvalue weighted by Gasteiger charge is 2.24. The summed E-state index contributed by atoms with van der Waals surface area (Å²) in [6, 6.07) is 13.8. The molecule has 144 valence electrons. The summed E-state index contributed by atoms with van der Waals surface area (Å²) in [4.78, 5) is 36.2. The summed E-state index contributed by atoms with van der Waals surface area (Å²) >= 11 is 0. The Morgan fingerprint density at radius 1 is 1.00 bits per heavy atom. The van der Waals surface area contributed by atoms with E-state index in [1.54, 1.807) is 6.33 Å². The van der Waals surface area contributed by atoms with Crippen LogP contribution in [0.2, 0.25) is 0 Å². The van der Waals surface area contributed by atoms with E-state index in [-0.39, 0.29) is 11.8 Å². The minimum Gasteiger partial charge on any atom is -0.345 e. The first kappa shape index (κ1) is 18.2. The van der Waals surface area contributed by atoms with E-state index in [2.05, 4.69) is 41.2 Å². The molecule has 0 radical (unpaired) electrons. The van der Waals surface area contributed by atoms with Crippen molar-refractivity contribution in [3.8, 4) is 0 Å².